The minimum atomic E-state index is -0.267. The number of fused-ring (bicyclic) bond motifs is 3. The minimum absolute atomic E-state index is 0.0701. The van der Waals surface area contributed by atoms with Gasteiger partial charge in [-0.25, -0.2) is 9.98 Å². The van der Waals surface area contributed by atoms with Gasteiger partial charge in [-0.2, -0.15) is 0 Å². The summed E-state index contributed by atoms with van der Waals surface area (Å²) in [5, 5.41) is 7.60. The molecule has 1 saturated heterocycles. The van der Waals surface area contributed by atoms with Crippen molar-refractivity contribution in [2.24, 2.45) is 21.8 Å². The Kier molecular flexibility index (Phi) is 7.75. The van der Waals surface area contributed by atoms with Crippen LogP contribution in [0.3, 0.4) is 0 Å². The first-order chi connectivity index (χ1) is 24.3. The summed E-state index contributed by atoms with van der Waals surface area (Å²) < 4.78 is 6.60. The van der Waals surface area contributed by atoms with E-state index in [1.54, 1.807) is 0 Å². The van der Waals surface area contributed by atoms with Crippen LogP contribution in [0, 0.1) is 11.8 Å². The zero-order valence-electron chi connectivity index (χ0n) is 27.1. The third kappa shape index (κ3) is 5.70. The third-order valence-corrected chi connectivity index (χ3v) is 10.3. The monoisotopic (exact) mass is 638 g/mol. The van der Waals surface area contributed by atoms with E-state index in [-0.39, 0.29) is 30.3 Å². The van der Waals surface area contributed by atoms with Crippen LogP contribution in [0.15, 0.2) is 185 Å². The van der Waals surface area contributed by atoms with E-state index in [9.17, 15) is 0 Å². The van der Waals surface area contributed by atoms with Gasteiger partial charge in [0.25, 0.3) is 0 Å². The van der Waals surface area contributed by atoms with Gasteiger partial charge in [0.05, 0.1) is 11.6 Å². The fourth-order valence-electron chi connectivity index (χ4n) is 7.84. The maximum absolute atomic E-state index is 6.60. The molecule has 3 aliphatic heterocycles. The van der Waals surface area contributed by atoms with Crippen LogP contribution >= 0.6 is 0 Å². The van der Waals surface area contributed by atoms with Gasteiger partial charge in [-0.15, -0.1) is 0 Å². The van der Waals surface area contributed by atoms with Crippen LogP contribution in [-0.4, -0.2) is 17.8 Å². The molecular weight excluding hydrogens is 601 g/mol. The number of allylic oxidation sites excluding steroid dienone is 4. The third-order valence-electron chi connectivity index (χ3n) is 10.3. The highest BCUT2D eigenvalue weighted by atomic mass is 16.5. The smallest absolute Gasteiger partial charge is 0.159 e. The summed E-state index contributed by atoms with van der Waals surface area (Å²) >= 11 is 0. The summed E-state index contributed by atoms with van der Waals surface area (Å²) in [6, 6.07) is 40.9. The average molecular weight is 639 g/mol. The molecule has 7 unspecified atom stereocenters. The first kappa shape index (κ1) is 29.6. The van der Waals surface area contributed by atoms with E-state index in [0.717, 1.165) is 34.7 Å². The van der Waals surface area contributed by atoms with Crippen LogP contribution in [0.4, 0.5) is 0 Å². The summed E-state index contributed by atoms with van der Waals surface area (Å²) in [6.07, 6.45) is 18.6. The molecule has 49 heavy (non-hydrogen) atoms. The second-order valence-electron chi connectivity index (χ2n) is 13.3. The fraction of sp³-hybridized carbons (Fsp3) is 0.182. The molecule has 3 heterocycles. The summed E-state index contributed by atoms with van der Waals surface area (Å²) in [7, 11) is 0. The lowest BCUT2D eigenvalue weighted by Gasteiger charge is -2.34. The number of hydrogen-bond acceptors (Lipinski definition) is 5. The topological polar surface area (TPSA) is 58.0 Å². The quantitative estimate of drug-likeness (QED) is 0.208. The molecule has 5 aliphatic rings. The van der Waals surface area contributed by atoms with Crippen LogP contribution in [0.5, 0.6) is 0 Å². The minimum Gasteiger partial charge on any atom is -0.489 e. The lowest BCUT2D eigenvalue weighted by atomic mass is 9.81. The van der Waals surface area contributed by atoms with Crippen molar-refractivity contribution in [1.82, 2.24) is 10.6 Å². The Morgan fingerprint density at radius 3 is 2.10 bits per heavy atom. The first-order valence-corrected chi connectivity index (χ1v) is 17.3. The van der Waals surface area contributed by atoms with E-state index in [1.165, 1.54) is 16.7 Å². The van der Waals surface area contributed by atoms with Crippen molar-refractivity contribution in [3.63, 3.8) is 0 Å². The number of hydrogen-bond donors (Lipinski definition) is 2. The van der Waals surface area contributed by atoms with Gasteiger partial charge in [0.15, 0.2) is 5.84 Å². The van der Waals surface area contributed by atoms with E-state index < -0.39 is 0 Å². The predicted molar refractivity (Wildman–Crippen MR) is 197 cm³/mol. The molecule has 2 aliphatic carbocycles. The molecule has 2 N–H and O–H groups in total. The van der Waals surface area contributed by atoms with Crippen LogP contribution in [-0.2, 0) is 4.74 Å². The fourth-order valence-corrected chi connectivity index (χ4v) is 7.84. The Bertz CT molecular complexity index is 2040. The lowest BCUT2D eigenvalue weighted by molar-refractivity contribution is 0.183. The Hall–Kier alpha value is -5.52. The highest BCUT2D eigenvalue weighted by Crippen LogP contribution is 2.45. The number of benzene rings is 4. The van der Waals surface area contributed by atoms with Crippen molar-refractivity contribution in [3.8, 4) is 0 Å². The molecule has 240 valence electrons. The number of nitrogens with one attached hydrogen (secondary N) is 2. The molecule has 0 radical (unpaired) electrons. The molecular formula is C44H38N4O. The average Bonchev–Trinajstić information content (AvgIpc) is 3.58. The molecule has 5 heteroatoms. The highest BCUT2D eigenvalue weighted by Gasteiger charge is 2.42. The SMILES string of the molecule is C1=CC2OC3=C(C4=NC(c5ccc(C6C=CC(c7ccccc7)NC6c6ccccc6)cc5)=NC(c5ccccc5)N4)C=CCC3C2C=C1. The highest BCUT2D eigenvalue weighted by molar-refractivity contribution is 6.14. The summed E-state index contributed by atoms with van der Waals surface area (Å²) in [5.74, 6) is 3.38. The first-order valence-electron chi connectivity index (χ1n) is 17.3. The van der Waals surface area contributed by atoms with Gasteiger partial charge in [-0.05, 0) is 34.8 Å². The molecule has 9 rings (SSSR count). The molecule has 7 atom stereocenters. The van der Waals surface area contributed by atoms with Gasteiger partial charge < -0.3 is 10.1 Å². The normalized spacial score (nSPS) is 28.2. The van der Waals surface area contributed by atoms with E-state index in [0.29, 0.717) is 17.7 Å². The standard InChI is InChI=1S/C44H38N4O/c1-4-13-30(14-5-1)38-28-27-34(40(45-38)31-15-6-2-7-16-31)29-23-25-33(26-24-29)43-46-42(32-17-8-3-9-18-32)47-44(48-43)37-21-12-20-36-35-19-10-11-22-39(35)49-41(36)37/h1-19,21-28,34-36,38-40,42,45H,20H2,(H,46,47,48). The number of nitrogens with zero attached hydrogens (tertiary/aromatic N) is 2. The zero-order valence-corrected chi connectivity index (χ0v) is 27.1. The van der Waals surface area contributed by atoms with Crippen molar-refractivity contribution >= 4 is 11.7 Å². The maximum Gasteiger partial charge on any atom is 0.159 e. The van der Waals surface area contributed by atoms with Gasteiger partial charge in [0.1, 0.15) is 23.9 Å². The van der Waals surface area contributed by atoms with Crippen LogP contribution in [0.1, 0.15) is 58.4 Å². The molecule has 0 amide bonds. The Morgan fingerprint density at radius 2 is 1.35 bits per heavy atom. The van der Waals surface area contributed by atoms with Crippen LogP contribution < -0.4 is 10.6 Å². The van der Waals surface area contributed by atoms with E-state index >= 15 is 0 Å². The Morgan fingerprint density at radius 1 is 0.653 bits per heavy atom. The van der Waals surface area contributed by atoms with Crippen LogP contribution in [0.25, 0.3) is 0 Å². The largest absolute Gasteiger partial charge is 0.489 e. The molecule has 4 aromatic carbocycles. The van der Waals surface area contributed by atoms with Gasteiger partial charge in [0, 0.05) is 29.4 Å². The Labute approximate surface area is 287 Å². The van der Waals surface area contributed by atoms with E-state index in [4.69, 9.17) is 14.7 Å². The molecule has 0 bridgehead atoms. The number of amidine groups is 2. The predicted octanol–water partition coefficient (Wildman–Crippen LogP) is 8.83. The zero-order chi connectivity index (χ0) is 32.6. The maximum atomic E-state index is 6.60. The second kappa shape index (κ2) is 12.8. The lowest BCUT2D eigenvalue weighted by Crippen LogP contribution is -2.35. The van der Waals surface area contributed by atoms with Gasteiger partial charge in [-0.3, -0.25) is 5.32 Å². The molecule has 0 saturated carbocycles. The molecule has 5 nitrogen and oxygen atoms in total. The molecule has 4 aromatic rings. The summed E-state index contributed by atoms with van der Waals surface area (Å²) in [4.78, 5) is 10.3. The van der Waals surface area contributed by atoms with Crippen molar-refractivity contribution in [1.29, 1.82) is 0 Å². The summed E-state index contributed by atoms with van der Waals surface area (Å²) in [5.41, 5.74) is 6.90. The molecule has 0 aromatic heterocycles. The van der Waals surface area contributed by atoms with Gasteiger partial charge >= 0.3 is 0 Å². The number of rotatable bonds is 6. The van der Waals surface area contributed by atoms with Crippen molar-refractivity contribution < 1.29 is 4.74 Å². The molecule has 0 spiro atoms. The molecule has 1 fully saturated rings. The van der Waals surface area contributed by atoms with Crippen LogP contribution in [0.2, 0.25) is 0 Å². The summed E-state index contributed by atoms with van der Waals surface area (Å²) in [6.45, 7) is 0. The van der Waals surface area contributed by atoms with Crippen molar-refractivity contribution in [3.05, 3.63) is 203 Å². The van der Waals surface area contributed by atoms with Gasteiger partial charge in [0.2, 0.25) is 0 Å². The number of aliphatic imine (C=N–C) groups is 2. The van der Waals surface area contributed by atoms with Crippen molar-refractivity contribution in [2.45, 2.75) is 36.7 Å². The Balaban J connectivity index is 1.06. The van der Waals surface area contributed by atoms with E-state index in [1.807, 2.05) is 6.07 Å². The van der Waals surface area contributed by atoms with Crippen molar-refractivity contribution in [2.75, 3.05) is 0 Å². The van der Waals surface area contributed by atoms with E-state index in [2.05, 4.69) is 168 Å². The number of ether oxygens (including phenoxy) is 1. The van der Waals surface area contributed by atoms with Gasteiger partial charge in [-0.1, -0.05) is 158 Å². The second-order valence-corrected chi connectivity index (χ2v) is 13.3.